The molecule has 216 valence electrons. The second kappa shape index (κ2) is 8.00. The van der Waals surface area contributed by atoms with Crippen molar-refractivity contribution in [1.29, 1.82) is 0 Å². The van der Waals surface area contributed by atoms with Crippen molar-refractivity contribution < 1.29 is 59.5 Å². The van der Waals surface area contributed by atoms with Gasteiger partial charge in [-0.3, -0.25) is 4.79 Å². The molecule has 12 nitrogen and oxygen atoms in total. The van der Waals surface area contributed by atoms with Crippen molar-refractivity contribution in [2.45, 2.75) is 55.1 Å². The van der Waals surface area contributed by atoms with Crippen LogP contribution in [0.4, 0.5) is 0 Å². The molecule has 0 unspecified atom stereocenters. The van der Waals surface area contributed by atoms with Gasteiger partial charge in [-0.1, -0.05) is 6.07 Å². The highest BCUT2D eigenvalue weighted by Gasteiger charge is 2.69. The van der Waals surface area contributed by atoms with Crippen LogP contribution >= 0.6 is 0 Å². The van der Waals surface area contributed by atoms with Crippen molar-refractivity contribution in [3.8, 4) is 46.0 Å². The molecule has 6 atom stereocenters. The predicted molar refractivity (Wildman–Crippen MR) is 140 cm³/mol. The van der Waals surface area contributed by atoms with Crippen LogP contribution in [0.3, 0.4) is 0 Å². The van der Waals surface area contributed by atoms with E-state index in [1.807, 2.05) is 0 Å². The van der Waals surface area contributed by atoms with Crippen LogP contribution in [0.5, 0.6) is 46.0 Å². The molecule has 3 aromatic carbocycles. The van der Waals surface area contributed by atoms with Gasteiger partial charge in [0, 0.05) is 47.7 Å². The van der Waals surface area contributed by atoms with Gasteiger partial charge in [0.05, 0.1) is 18.1 Å². The summed E-state index contributed by atoms with van der Waals surface area (Å²) in [5.41, 5.74) is 0.0962. The van der Waals surface area contributed by atoms with Crippen LogP contribution in [0.2, 0.25) is 0 Å². The first-order valence-corrected chi connectivity index (χ1v) is 13.3. The molecule has 8 rings (SSSR count). The van der Waals surface area contributed by atoms with Crippen LogP contribution in [0.15, 0.2) is 42.5 Å². The maximum Gasteiger partial charge on any atom is 0.235 e. The van der Waals surface area contributed by atoms with Gasteiger partial charge in [0.1, 0.15) is 46.7 Å². The second-order valence-corrected chi connectivity index (χ2v) is 11.4. The maximum absolute atomic E-state index is 13.3. The van der Waals surface area contributed by atoms with Gasteiger partial charge >= 0.3 is 0 Å². The molecular weight excluding hydrogens is 552 g/mol. The first-order chi connectivity index (χ1) is 20.0. The predicted octanol–water partition coefficient (Wildman–Crippen LogP) is 1.83. The van der Waals surface area contributed by atoms with Crippen LogP contribution in [0, 0.1) is 0 Å². The number of hydrogen-bond acceptors (Lipinski definition) is 12. The molecular formula is C30H24O12. The number of phenolic OH excluding ortho intramolecular Hbond substituents is 5. The zero-order valence-corrected chi connectivity index (χ0v) is 21.6. The monoisotopic (exact) mass is 576 g/mol. The Labute approximate surface area is 236 Å². The number of carbonyl (C=O) groups excluding carboxylic acids is 1. The number of hydrogen-bond donors (Lipinski definition) is 7. The third-order valence-electron chi connectivity index (χ3n) is 8.81. The van der Waals surface area contributed by atoms with Gasteiger partial charge in [-0.2, -0.15) is 0 Å². The van der Waals surface area contributed by atoms with E-state index in [4.69, 9.17) is 18.9 Å². The molecule has 4 aliphatic heterocycles. The highest BCUT2D eigenvalue weighted by Crippen LogP contribution is 2.62. The SMILES string of the molecule is O=C1C=C2c3c(cc(O)c4c3O[C@H](c3ccc(O)c(O)c3)[C@@H](O)C4)O[C@]23C[C@]1(O)O[C@H]1Cc2c(O)cc(O)cc2O[C@@H]13. The average molecular weight is 577 g/mol. The normalized spacial score (nSPS) is 31.7. The molecule has 1 aliphatic carbocycles. The molecule has 7 N–H and O–H groups in total. The number of phenols is 5. The van der Waals surface area contributed by atoms with E-state index < -0.39 is 47.3 Å². The lowest BCUT2D eigenvalue weighted by molar-refractivity contribution is -0.290. The summed E-state index contributed by atoms with van der Waals surface area (Å²) in [7, 11) is 0. The smallest absolute Gasteiger partial charge is 0.235 e. The van der Waals surface area contributed by atoms with Gasteiger partial charge in [0.15, 0.2) is 23.2 Å². The minimum absolute atomic E-state index is 0.0366. The van der Waals surface area contributed by atoms with E-state index >= 15 is 0 Å². The van der Waals surface area contributed by atoms with Crippen molar-refractivity contribution in [1.82, 2.24) is 0 Å². The van der Waals surface area contributed by atoms with Crippen LogP contribution in [0.1, 0.15) is 34.8 Å². The zero-order chi connectivity index (χ0) is 29.3. The first-order valence-electron chi connectivity index (χ1n) is 13.3. The number of fused-ring (bicyclic) bond motifs is 7. The van der Waals surface area contributed by atoms with Crippen LogP contribution < -0.4 is 14.2 Å². The summed E-state index contributed by atoms with van der Waals surface area (Å²) in [4.78, 5) is 13.3. The molecule has 0 saturated carbocycles. The minimum Gasteiger partial charge on any atom is -0.508 e. The van der Waals surface area contributed by atoms with E-state index in [1.165, 1.54) is 36.4 Å². The Bertz CT molecular complexity index is 1760. The summed E-state index contributed by atoms with van der Waals surface area (Å²) in [5.74, 6) is -3.95. The zero-order valence-electron chi connectivity index (χ0n) is 21.6. The highest BCUT2D eigenvalue weighted by molar-refractivity contribution is 6.08. The van der Waals surface area contributed by atoms with Gasteiger partial charge in [0.25, 0.3) is 0 Å². The maximum atomic E-state index is 13.3. The first kappa shape index (κ1) is 25.1. The Morgan fingerprint density at radius 1 is 0.833 bits per heavy atom. The van der Waals surface area contributed by atoms with Gasteiger partial charge in [0.2, 0.25) is 11.6 Å². The van der Waals surface area contributed by atoms with Crippen molar-refractivity contribution in [3.63, 3.8) is 0 Å². The summed E-state index contributed by atoms with van der Waals surface area (Å²) in [6.45, 7) is 0. The lowest BCUT2D eigenvalue weighted by Crippen LogP contribution is -2.70. The summed E-state index contributed by atoms with van der Waals surface area (Å²) in [6.07, 6.45) is -3.23. The number of aliphatic hydroxyl groups is 2. The number of benzene rings is 3. The number of carbonyl (C=O) groups is 1. The third-order valence-corrected chi connectivity index (χ3v) is 8.81. The molecule has 1 spiro atoms. The largest absolute Gasteiger partial charge is 0.508 e. The Kier molecular flexibility index (Phi) is 4.78. The molecule has 4 heterocycles. The second-order valence-electron chi connectivity index (χ2n) is 11.4. The van der Waals surface area contributed by atoms with E-state index in [0.717, 1.165) is 6.07 Å². The Morgan fingerprint density at radius 2 is 1.62 bits per heavy atom. The summed E-state index contributed by atoms with van der Waals surface area (Å²) in [6, 6.07) is 7.87. The van der Waals surface area contributed by atoms with Crippen LogP contribution in [0.25, 0.3) is 5.57 Å². The fourth-order valence-electron chi connectivity index (χ4n) is 6.94. The Morgan fingerprint density at radius 3 is 2.40 bits per heavy atom. The summed E-state index contributed by atoms with van der Waals surface area (Å²) < 4.78 is 24.9. The van der Waals surface area contributed by atoms with Crippen molar-refractivity contribution >= 4 is 11.4 Å². The van der Waals surface area contributed by atoms with Gasteiger partial charge in [-0.15, -0.1) is 0 Å². The number of rotatable bonds is 1. The minimum atomic E-state index is -2.26. The lowest BCUT2D eigenvalue weighted by atomic mass is 9.69. The fraction of sp³-hybridized carbons (Fsp3) is 0.300. The molecule has 0 aromatic heterocycles. The van der Waals surface area contributed by atoms with Gasteiger partial charge in [-0.05, 0) is 23.8 Å². The topological polar surface area (TPSA) is 196 Å². The van der Waals surface area contributed by atoms with Gasteiger partial charge < -0.3 is 54.7 Å². The van der Waals surface area contributed by atoms with E-state index in [1.54, 1.807) is 0 Å². The molecule has 12 heteroatoms. The number of ether oxygens (including phenoxy) is 4. The van der Waals surface area contributed by atoms with E-state index in [-0.39, 0.29) is 65.1 Å². The standard InChI is InChI=1S/C30H24O12/c31-12-4-17(33)13-7-23-28(39-21(13)5-12)29-10-30(38,42-23)24(37)8-15(29)25-22(41-29)9-18(34)14-6-20(36)26(40-27(14)25)11-1-2-16(32)19(35)3-11/h1-5,8-9,20,23,26,28,31-36,38H,6-7,10H2/t20-,23-,26+,28-,29+,30-/m0/s1. The third kappa shape index (κ3) is 3.19. The molecule has 1 saturated heterocycles. The Balaban J connectivity index is 1.28. The molecule has 3 aromatic rings. The molecule has 0 radical (unpaired) electrons. The average Bonchev–Trinajstić information content (AvgIpc) is 3.22. The summed E-state index contributed by atoms with van der Waals surface area (Å²) in [5, 5.41) is 73.6. The molecule has 1 fully saturated rings. The Hall–Kier alpha value is -4.65. The lowest BCUT2D eigenvalue weighted by Gasteiger charge is -2.53. The number of aliphatic hydroxyl groups excluding tert-OH is 1. The van der Waals surface area contributed by atoms with Crippen molar-refractivity contribution in [2.75, 3.05) is 0 Å². The summed E-state index contributed by atoms with van der Waals surface area (Å²) >= 11 is 0. The molecule has 0 amide bonds. The molecule has 42 heavy (non-hydrogen) atoms. The van der Waals surface area contributed by atoms with Crippen LogP contribution in [-0.2, 0) is 22.4 Å². The van der Waals surface area contributed by atoms with Crippen LogP contribution in [-0.4, -0.2) is 71.2 Å². The van der Waals surface area contributed by atoms with E-state index in [0.29, 0.717) is 22.3 Å². The highest BCUT2D eigenvalue weighted by atomic mass is 16.7. The molecule has 2 bridgehead atoms. The number of aromatic hydroxyl groups is 5. The van der Waals surface area contributed by atoms with E-state index in [9.17, 15) is 40.5 Å². The van der Waals surface area contributed by atoms with Gasteiger partial charge in [-0.25, -0.2) is 0 Å². The van der Waals surface area contributed by atoms with E-state index in [2.05, 4.69) is 0 Å². The quantitative estimate of drug-likeness (QED) is 0.208. The van der Waals surface area contributed by atoms with Crippen molar-refractivity contribution in [3.05, 3.63) is 64.7 Å². The molecule has 5 aliphatic rings. The fourth-order valence-corrected chi connectivity index (χ4v) is 6.94. The van der Waals surface area contributed by atoms with Crippen molar-refractivity contribution in [2.24, 2.45) is 0 Å². The number of ketones is 1.